The van der Waals surface area contributed by atoms with Crippen molar-refractivity contribution in [1.29, 1.82) is 0 Å². The second kappa shape index (κ2) is 7.28. The number of aliphatic hydroxyl groups excluding tert-OH is 1. The Kier molecular flexibility index (Phi) is 4.86. The third kappa shape index (κ3) is 3.30. The van der Waals surface area contributed by atoms with Crippen LogP contribution in [0.25, 0.3) is 0 Å². The van der Waals surface area contributed by atoms with E-state index in [1.54, 1.807) is 0 Å². The van der Waals surface area contributed by atoms with Crippen LogP contribution < -0.4 is 5.63 Å². The standard InChI is InChI=1S/C22H26O4/c23-13-14-6-5-7-16(12-14)19(15-10-11-15)20-21(24)17-8-3-1-2-4-9-18(17)26-22(20)25/h5-7,12,15,19,23-24H,1-4,8-11,13H2. The number of aromatic hydroxyl groups is 1. The van der Waals surface area contributed by atoms with Gasteiger partial charge in [-0.05, 0) is 49.1 Å². The molecule has 1 aromatic carbocycles. The Balaban J connectivity index is 1.83. The summed E-state index contributed by atoms with van der Waals surface area (Å²) >= 11 is 0. The lowest BCUT2D eigenvalue weighted by molar-refractivity contribution is 0.281. The Morgan fingerprint density at radius 1 is 1.12 bits per heavy atom. The van der Waals surface area contributed by atoms with Crippen LogP contribution in [0.5, 0.6) is 5.75 Å². The fourth-order valence-electron chi connectivity index (χ4n) is 4.28. The van der Waals surface area contributed by atoms with E-state index in [0.717, 1.165) is 68.1 Å². The average Bonchev–Trinajstić information content (AvgIpc) is 3.45. The molecule has 0 aliphatic heterocycles. The van der Waals surface area contributed by atoms with Crippen molar-refractivity contribution in [2.24, 2.45) is 5.92 Å². The predicted molar refractivity (Wildman–Crippen MR) is 99.5 cm³/mol. The van der Waals surface area contributed by atoms with E-state index >= 15 is 0 Å². The van der Waals surface area contributed by atoms with E-state index in [0.29, 0.717) is 17.2 Å². The molecule has 0 spiro atoms. The van der Waals surface area contributed by atoms with Crippen LogP contribution in [-0.2, 0) is 19.4 Å². The first-order valence-corrected chi connectivity index (χ1v) is 9.76. The first-order valence-electron chi connectivity index (χ1n) is 9.76. The number of fused-ring (bicyclic) bond motifs is 1. The second-order valence-corrected chi connectivity index (χ2v) is 7.69. The number of hydrogen-bond donors (Lipinski definition) is 2. The highest BCUT2D eigenvalue weighted by Gasteiger charge is 2.38. The van der Waals surface area contributed by atoms with Gasteiger partial charge in [0.25, 0.3) is 0 Å². The molecule has 1 aromatic heterocycles. The van der Waals surface area contributed by atoms with Gasteiger partial charge in [-0.15, -0.1) is 0 Å². The Morgan fingerprint density at radius 3 is 2.62 bits per heavy atom. The van der Waals surface area contributed by atoms with Gasteiger partial charge in [0, 0.05) is 17.9 Å². The van der Waals surface area contributed by atoms with Gasteiger partial charge in [-0.2, -0.15) is 0 Å². The molecule has 4 nitrogen and oxygen atoms in total. The van der Waals surface area contributed by atoms with E-state index in [4.69, 9.17) is 4.42 Å². The Labute approximate surface area is 153 Å². The zero-order valence-corrected chi connectivity index (χ0v) is 15.0. The van der Waals surface area contributed by atoms with E-state index in [-0.39, 0.29) is 18.3 Å². The normalized spacial score (nSPS) is 18.7. The van der Waals surface area contributed by atoms with Gasteiger partial charge in [0.2, 0.25) is 0 Å². The molecule has 26 heavy (non-hydrogen) atoms. The van der Waals surface area contributed by atoms with Crippen LogP contribution in [-0.4, -0.2) is 10.2 Å². The van der Waals surface area contributed by atoms with E-state index < -0.39 is 5.63 Å². The maximum absolute atomic E-state index is 12.8. The molecule has 0 radical (unpaired) electrons. The minimum absolute atomic E-state index is 0.0317. The highest BCUT2D eigenvalue weighted by molar-refractivity contribution is 5.47. The van der Waals surface area contributed by atoms with Gasteiger partial charge >= 0.3 is 5.63 Å². The van der Waals surface area contributed by atoms with Crippen molar-refractivity contribution in [3.8, 4) is 5.75 Å². The molecule has 1 heterocycles. The average molecular weight is 354 g/mol. The predicted octanol–water partition coefficient (Wildman–Crippen LogP) is 4.04. The van der Waals surface area contributed by atoms with E-state index in [9.17, 15) is 15.0 Å². The molecule has 2 aromatic rings. The zero-order chi connectivity index (χ0) is 18.1. The summed E-state index contributed by atoms with van der Waals surface area (Å²) in [6, 6.07) is 7.70. The summed E-state index contributed by atoms with van der Waals surface area (Å²) in [5.74, 6) is 1.02. The van der Waals surface area contributed by atoms with Gasteiger partial charge in [-0.3, -0.25) is 0 Å². The van der Waals surface area contributed by atoms with Crippen LogP contribution in [0.1, 0.15) is 72.5 Å². The van der Waals surface area contributed by atoms with Crippen LogP contribution in [0.3, 0.4) is 0 Å². The van der Waals surface area contributed by atoms with Crippen LogP contribution in [0.4, 0.5) is 0 Å². The smallest absolute Gasteiger partial charge is 0.343 e. The minimum atomic E-state index is -0.395. The fraction of sp³-hybridized carbons (Fsp3) is 0.500. The van der Waals surface area contributed by atoms with Crippen molar-refractivity contribution < 1.29 is 14.6 Å². The van der Waals surface area contributed by atoms with E-state index in [1.807, 2.05) is 24.3 Å². The molecule has 0 bridgehead atoms. The highest BCUT2D eigenvalue weighted by Crippen LogP contribution is 2.48. The number of benzene rings is 1. The summed E-state index contributed by atoms with van der Waals surface area (Å²) < 4.78 is 5.72. The lowest BCUT2D eigenvalue weighted by Gasteiger charge is -2.21. The number of aliphatic hydroxyl groups is 1. The van der Waals surface area contributed by atoms with Gasteiger partial charge in [0.1, 0.15) is 11.5 Å². The molecular weight excluding hydrogens is 328 g/mol. The topological polar surface area (TPSA) is 70.7 Å². The van der Waals surface area contributed by atoms with Gasteiger partial charge in [0.05, 0.1) is 12.2 Å². The monoisotopic (exact) mass is 354 g/mol. The summed E-state index contributed by atoms with van der Waals surface area (Å²) in [5.41, 5.74) is 2.66. The molecule has 0 amide bonds. The molecule has 2 N–H and O–H groups in total. The molecule has 2 aliphatic carbocycles. The molecule has 2 aliphatic rings. The summed E-state index contributed by atoms with van der Waals surface area (Å²) in [6.45, 7) is -0.0317. The largest absolute Gasteiger partial charge is 0.507 e. The van der Waals surface area contributed by atoms with E-state index in [1.165, 1.54) is 0 Å². The van der Waals surface area contributed by atoms with Crippen molar-refractivity contribution in [1.82, 2.24) is 0 Å². The molecule has 1 fully saturated rings. The van der Waals surface area contributed by atoms with Gasteiger partial charge in [0.15, 0.2) is 0 Å². The zero-order valence-electron chi connectivity index (χ0n) is 15.0. The van der Waals surface area contributed by atoms with Gasteiger partial charge in [-0.25, -0.2) is 4.79 Å². The number of aryl methyl sites for hydroxylation is 1. The van der Waals surface area contributed by atoms with Crippen molar-refractivity contribution in [3.63, 3.8) is 0 Å². The maximum atomic E-state index is 12.8. The number of hydrogen-bond acceptors (Lipinski definition) is 4. The molecule has 138 valence electrons. The Hall–Kier alpha value is -2.07. The molecular formula is C22H26O4. The lowest BCUT2D eigenvalue weighted by atomic mass is 9.85. The highest BCUT2D eigenvalue weighted by atomic mass is 16.4. The summed E-state index contributed by atoms with van der Waals surface area (Å²) in [6.07, 6.45) is 7.90. The third-order valence-corrected chi connectivity index (χ3v) is 5.79. The maximum Gasteiger partial charge on any atom is 0.343 e. The third-order valence-electron chi connectivity index (χ3n) is 5.79. The van der Waals surface area contributed by atoms with Crippen molar-refractivity contribution in [2.75, 3.05) is 0 Å². The van der Waals surface area contributed by atoms with Crippen LogP contribution in [0.2, 0.25) is 0 Å². The second-order valence-electron chi connectivity index (χ2n) is 7.69. The lowest BCUT2D eigenvalue weighted by Crippen LogP contribution is -2.19. The van der Waals surface area contributed by atoms with Crippen molar-refractivity contribution >= 4 is 0 Å². The first kappa shape index (κ1) is 17.3. The molecule has 0 saturated heterocycles. The fourth-order valence-corrected chi connectivity index (χ4v) is 4.28. The van der Waals surface area contributed by atoms with Crippen LogP contribution >= 0.6 is 0 Å². The summed E-state index contributed by atoms with van der Waals surface area (Å²) in [4.78, 5) is 12.8. The number of rotatable bonds is 4. The van der Waals surface area contributed by atoms with Crippen LogP contribution in [0, 0.1) is 5.92 Å². The van der Waals surface area contributed by atoms with Crippen LogP contribution in [0.15, 0.2) is 33.5 Å². The van der Waals surface area contributed by atoms with Gasteiger partial charge in [-0.1, -0.05) is 37.1 Å². The molecule has 1 unspecified atom stereocenters. The van der Waals surface area contributed by atoms with Gasteiger partial charge < -0.3 is 14.6 Å². The SMILES string of the molecule is O=c1oc2c(c(O)c1C(c1cccc(CO)c1)C1CC1)CCCCCC2. The summed E-state index contributed by atoms with van der Waals surface area (Å²) in [7, 11) is 0. The van der Waals surface area contributed by atoms with Crippen molar-refractivity contribution in [2.45, 2.75) is 63.9 Å². The van der Waals surface area contributed by atoms with E-state index in [2.05, 4.69) is 0 Å². The molecule has 4 heteroatoms. The first-order chi connectivity index (χ1) is 12.7. The quantitative estimate of drug-likeness (QED) is 0.869. The van der Waals surface area contributed by atoms with Crippen molar-refractivity contribution in [3.05, 3.63) is 62.7 Å². The Morgan fingerprint density at radius 2 is 1.88 bits per heavy atom. The molecule has 1 saturated carbocycles. The molecule has 4 rings (SSSR count). The molecule has 1 atom stereocenters. The summed E-state index contributed by atoms with van der Waals surface area (Å²) in [5, 5.41) is 20.5. The minimum Gasteiger partial charge on any atom is -0.507 e. The Bertz CT molecular complexity index is 848.